The van der Waals surface area contributed by atoms with E-state index in [0.717, 1.165) is 0 Å². The lowest BCUT2D eigenvalue weighted by Gasteiger charge is -2.29. The number of amides is 1. The Morgan fingerprint density at radius 1 is 1.30 bits per heavy atom. The molecule has 2 rings (SSSR count). The van der Waals surface area contributed by atoms with E-state index in [2.05, 4.69) is 0 Å². The SMILES string of the molecule is O=C(CCl)N(c1ccc(Cl)cc1)[C@H]1CS(=O)(=O)C[C@H]1O. The lowest BCUT2D eigenvalue weighted by Crippen LogP contribution is -2.47. The van der Waals surface area contributed by atoms with Crippen molar-refractivity contribution in [1.29, 1.82) is 0 Å². The Labute approximate surface area is 127 Å². The molecule has 1 N–H and O–H groups in total. The molecule has 0 bridgehead atoms. The molecule has 0 aliphatic carbocycles. The predicted octanol–water partition coefficient (Wildman–Crippen LogP) is 1.07. The molecule has 110 valence electrons. The van der Waals surface area contributed by atoms with Crippen LogP contribution in [0.4, 0.5) is 5.69 Å². The Morgan fingerprint density at radius 2 is 1.90 bits per heavy atom. The van der Waals surface area contributed by atoms with Gasteiger partial charge in [0, 0.05) is 10.7 Å². The van der Waals surface area contributed by atoms with Gasteiger partial charge in [-0.2, -0.15) is 0 Å². The van der Waals surface area contributed by atoms with Crippen molar-refractivity contribution in [3.63, 3.8) is 0 Å². The average molecular weight is 338 g/mol. The summed E-state index contributed by atoms with van der Waals surface area (Å²) >= 11 is 11.4. The lowest BCUT2D eigenvalue weighted by atomic mass is 10.1. The van der Waals surface area contributed by atoms with Crippen LogP contribution in [-0.2, 0) is 14.6 Å². The summed E-state index contributed by atoms with van der Waals surface area (Å²) in [5.74, 6) is -1.39. The summed E-state index contributed by atoms with van der Waals surface area (Å²) in [5, 5.41) is 10.4. The third kappa shape index (κ3) is 3.25. The minimum atomic E-state index is -3.36. The molecule has 1 saturated heterocycles. The van der Waals surface area contributed by atoms with Gasteiger partial charge in [0.2, 0.25) is 5.91 Å². The van der Waals surface area contributed by atoms with E-state index in [0.29, 0.717) is 10.7 Å². The molecule has 1 aliphatic rings. The summed E-state index contributed by atoms with van der Waals surface area (Å²) in [6.07, 6.45) is -1.12. The van der Waals surface area contributed by atoms with Gasteiger partial charge in [0.15, 0.2) is 9.84 Å². The smallest absolute Gasteiger partial charge is 0.242 e. The third-order valence-corrected chi connectivity index (χ3v) is 5.29. The third-order valence-electron chi connectivity index (χ3n) is 3.11. The van der Waals surface area contributed by atoms with Crippen LogP contribution in [0.25, 0.3) is 0 Å². The fourth-order valence-electron chi connectivity index (χ4n) is 2.24. The summed E-state index contributed by atoms with van der Waals surface area (Å²) in [6.45, 7) is 0. The van der Waals surface area contributed by atoms with Crippen molar-refractivity contribution in [3.8, 4) is 0 Å². The number of nitrogens with zero attached hydrogens (tertiary/aromatic N) is 1. The van der Waals surface area contributed by atoms with Crippen molar-refractivity contribution < 1.29 is 18.3 Å². The van der Waals surface area contributed by atoms with Gasteiger partial charge in [0.25, 0.3) is 0 Å². The average Bonchev–Trinajstić information content (AvgIpc) is 2.65. The molecule has 0 unspecified atom stereocenters. The van der Waals surface area contributed by atoms with Gasteiger partial charge in [0.1, 0.15) is 5.88 Å². The van der Waals surface area contributed by atoms with Gasteiger partial charge in [0.05, 0.1) is 23.7 Å². The quantitative estimate of drug-likeness (QED) is 0.837. The molecule has 0 aromatic heterocycles. The Bertz CT molecular complexity index is 602. The van der Waals surface area contributed by atoms with Gasteiger partial charge in [-0.1, -0.05) is 11.6 Å². The first-order valence-electron chi connectivity index (χ1n) is 5.86. The zero-order valence-electron chi connectivity index (χ0n) is 10.4. The van der Waals surface area contributed by atoms with Crippen molar-refractivity contribution >= 4 is 44.6 Å². The standard InChI is InChI=1S/C12H13Cl2NO4S/c13-5-12(17)15(9-3-1-8(14)2-4-9)10-6-20(18,19)7-11(10)16/h1-4,10-11,16H,5-7H2/t10-,11+/m0/s1. The monoisotopic (exact) mass is 337 g/mol. The van der Waals surface area contributed by atoms with Gasteiger partial charge in [-0.05, 0) is 24.3 Å². The molecule has 0 spiro atoms. The number of sulfone groups is 1. The van der Waals surface area contributed by atoms with Crippen LogP contribution in [0.3, 0.4) is 0 Å². The molecule has 1 fully saturated rings. The minimum absolute atomic E-state index is 0.278. The normalized spacial score (nSPS) is 24.6. The molecular formula is C12H13Cl2NO4S. The summed E-state index contributed by atoms with van der Waals surface area (Å²) in [5.41, 5.74) is 0.459. The summed E-state index contributed by atoms with van der Waals surface area (Å²) in [7, 11) is -3.36. The lowest BCUT2D eigenvalue weighted by molar-refractivity contribution is -0.117. The first-order chi connectivity index (χ1) is 9.34. The van der Waals surface area contributed by atoms with Crippen LogP contribution in [0, 0.1) is 0 Å². The van der Waals surface area contributed by atoms with E-state index in [4.69, 9.17) is 23.2 Å². The number of carbonyl (C=O) groups excluding carboxylic acids is 1. The van der Waals surface area contributed by atoms with Crippen LogP contribution in [0.2, 0.25) is 5.02 Å². The van der Waals surface area contributed by atoms with E-state index in [1.807, 2.05) is 0 Å². The van der Waals surface area contributed by atoms with E-state index < -0.39 is 27.9 Å². The van der Waals surface area contributed by atoms with Crippen molar-refractivity contribution in [2.75, 3.05) is 22.3 Å². The van der Waals surface area contributed by atoms with Gasteiger partial charge < -0.3 is 10.0 Å². The Kier molecular flexibility index (Phi) is 4.59. The van der Waals surface area contributed by atoms with Crippen molar-refractivity contribution in [2.45, 2.75) is 12.1 Å². The van der Waals surface area contributed by atoms with Crippen LogP contribution in [0.1, 0.15) is 0 Å². The molecular weight excluding hydrogens is 325 g/mol. The second kappa shape index (κ2) is 5.89. The van der Waals surface area contributed by atoms with Crippen LogP contribution >= 0.6 is 23.2 Å². The predicted molar refractivity (Wildman–Crippen MR) is 78.1 cm³/mol. The zero-order valence-corrected chi connectivity index (χ0v) is 12.7. The fraction of sp³-hybridized carbons (Fsp3) is 0.417. The van der Waals surface area contributed by atoms with Crippen molar-refractivity contribution in [2.24, 2.45) is 0 Å². The molecule has 0 radical (unpaired) electrons. The number of benzene rings is 1. The second-order valence-electron chi connectivity index (χ2n) is 4.59. The maximum absolute atomic E-state index is 12.0. The maximum atomic E-state index is 12.0. The molecule has 20 heavy (non-hydrogen) atoms. The molecule has 1 heterocycles. The number of hydrogen-bond acceptors (Lipinski definition) is 4. The van der Waals surface area contributed by atoms with Crippen LogP contribution in [-0.4, -0.2) is 49.0 Å². The number of rotatable bonds is 3. The molecule has 5 nitrogen and oxygen atoms in total. The number of alkyl halides is 1. The largest absolute Gasteiger partial charge is 0.390 e. The number of carbonyl (C=O) groups is 1. The molecule has 1 aliphatic heterocycles. The highest BCUT2D eigenvalue weighted by atomic mass is 35.5. The number of aliphatic hydroxyl groups is 1. The molecule has 2 atom stereocenters. The topological polar surface area (TPSA) is 74.7 Å². The zero-order chi connectivity index (χ0) is 14.9. The highest BCUT2D eigenvalue weighted by Crippen LogP contribution is 2.26. The Morgan fingerprint density at radius 3 is 2.35 bits per heavy atom. The molecule has 1 aromatic carbocycles. The van der Waals surface area contributed by atoms with E-state index in [9.17, 15) is 18.3 Å². The highest BCUT2D eigenvalue weighted by molar-refractivity contribution is 7.91. The summed E-state index contributed by atoms with van der Waals surface area (Å²) in [4.78, 5) is 13.2. The number of aliphatic hydroxyl groups excluding tert-OH is 1. The first-order valence-corrected chi connectivity index (χ1v) is 8.59. The van der Waals surface area contributed by atoms with E-state index >= 15 is 0 Å². The molecule has 0 saturated carbocycles. The van der Waals surface area contributed by atoms with E-state index in [1.54, 1.807) is 24.3 Å². The number of halogens is 2. The number of hydrogen-bond donors (Lipinski definition) is 1. The first kappa shape index (κ1) is 15.6. The fourth-order valence-corrected chi connectivity index (χ4v) is 4.27. The van der Waals surface area contributed by atoms with Gasteiger partial charge in [-0.15, -0.1) is 11.6 Å². The number of anilines is 1. The minimum Gasteiger partial charge on any atom is -0.390 e. The van der Waals surface area contributed by atoms with Crippen molar-refractivity contribution in [3.05, 3.63) is 29.3 Å². The van der Waals surface area contributed by atoms with Gasteiger partial charge >= 0.3 is 0 Å². The summed E-state index contributed by atoms with van der Waals surface area (Å²) < 4.78 is 23.2. The highest BCUT2D eigenvalue weighted by Gasteiger charge is 2.42. The van der Waals surface area contributed by atoms with Gasteiger partial charge in [-0.25, -0.2) is 8.42 Å². The van der Waals surface area contributed by atoms with Crippen LogP contribution < -0.4 is 4.90 Å². The van der Waals surface area contributed by atoms with E-state index in [1.165, 1.54) is 4.90 Å². The van der Waals surface area contributed by atoms with Gasteiger partial charge in [-0.3, -0.25) is 4.79 Å². The molecule has 1 aromatic rings. The van der Waals surface area contributed by atoms with Crippen LogP contribution in [0.5, 0.6) is 0 Å². The Balaban J connectivity index is 2.38. The molecule has 8 heteroatoms. The summed E-state index contributed by atoms with van der Waals surface area (Å²) in [6, 6.07) is 5.52. The second-order valence-corrected chi connectivity index (χ2v) is 7.44. The van der Waals surface area contributed by atoms with E-state index in [-0.39, 0.29) is 17.4 Å². The molecule has 1 amide bonds. The Hall–Kier alpha value is -0.820. The van der Waals surface area contributed by atoms with Crippen molar-refractivity contribution in [1.82, 2.24) is 0 Å². The maximum Gasteiger partial charge on any atom is 0.242 e. The van der Waals surface area contributed by atoms with Crippen LogP contribution in [0.15, 0.2) is 24.3 Å².